The molecule has 102 valence electrons. The minimum Gasteiger partial charge on any atom is -0.493 e. The molecule has 1 aromatic rings. The molecule has 0 heterocycles. The highest BCUT2D eigenvalue weighted by Crippen LogP contribution is 2.22. The van der Waals surface area contributed by atoms with Gasteiger partial charge in [0, 0.05) is 31.2 Å². The topological polar surface area (TPSA) is 30.5 Å². The van der Waals surface area contributed by atoms with Gasteiger partial charge in [0.25, 0.3) is 0 Å². The minimum atomic E-state index is 0.692. The van der Waals surface area contributed by atoms with Crippen LogP contribution in [0.25, 0.3) is 0 Å². The van der Waals surface area contributed by atoms with Crippen LogP contribution in [0.4, 0.5) is 0 Å². The number of halogens is 1. The quantitative estimate of drug-likeness (QED) is 0.709. The summed E-state index contributed by atoms with van der Waals surface area (Å²) in [6.45, 7) is 5.49. The Kier molecular flexibility index (Phi) is 8.05. The number of hydrogen-bond donors (Lipinski definition) is 1. The van der Waals surface area contributed by atoms with Gasteiger partial charge >= 0.3 is 0 Å². The van der Waals surface area contributed by atoms with E-state index in [-0.39, 0.29) is 0 Å². The molecule has 18 heavy (non-hydrogen) atoms. The van der Waals surface area contributed by atoms with Gasteiger partial charge in [-0.25, -0.2) is 0 Å². The molecule has 0 aromatic heterocycles. The van der Waals surface area contributed by atoms with Crippen LogP contribution < -0.4 is 10.1 Å². The van der Waals surface area contributed by atoms with Crippen LogP contribution >= 0.6 is 15.9 Å². The maximum Gasteiger partial charge on any atom is 0.119 e. The molecule has 1 N–H and O–H groups in total. The third-order valence-corrected chi connectivity index (χ3v) is 3.29. The molecule has 0 saturated heterocycles. The van der Waals surface area contributed by atoms with E-state index in [4.69, 9.17) is 9.47 Å². The molecule has 0 unspecified atom stereocenters. The van der Waals surface area contributed by atoms with E-state index in [1.807, 2.05) is 12.1 Å². The molecule has 4 heteroatoms. The molecule has 0 bridgehead atoms. The van der Waals surface area contributed by atoms with Crippen LogP contribution in [0.1, 0.15) is 25.3 Å². The van der Waals surface area contributed by atoms with Crippen LogP contribution in [-0.4, -0.2) is 26.9 Å². The average molecular weight is 316 g/mol. The molecule has 1 aromatic carbocycles. The van der Waals surface area contributed by atoms with E-state index in [1.54, 1.807) is 7.11 Å². The maximum absolute atomic E-state index is 5.68. The standard InChI is InChI=1S/C14H22BrNO2/c1-3-7-16-11-12-10-13(5-6-14(12)15)18-9-4-8-17-2/h5-6,10,16H,3-4,7-9,11H2,1-2H3. The number of benzene rings is 1. The Labute approximate surface area is 118 Å². The molecule has 0 aliphatic rings. The highest BCUT2D eigenvalue weighted by atomic mass is 79.9. The highest BCUT2D eigenvalue weighted by Gasteiger charge is 2.02. The zero-order valence-corrected chi connectivity index (χ0v) is 12.8. The van der Waals surface area contributed by atoms with E-state index in [0.717, 1.165) is 42.8 Å². The van der Waals surface area contributed by atoms with Crippen molar-refractivity contribution in [3.05, 3.63) is 28.2 Å². The minimum absolute atomic E-state index is 0.692. The van der Waals surface area contributed by atoms with Crippen LogP contribution in [0.3, 0.4) is 0 Å². The predicted octanol–water partition coefficient (Wildman–Crippen LogP) is 3.36. The third-order valence-electron chi connectivity index (χ3n) is 2.52. The fourth-order valence-corrected chi connectivity index (χ4v) is 1.96. The van der Waals surface area contributed by atoms with Gasteiger partial charge in [0.1, 0.15) is 5.75 Å². The summed E-state index contributed by atoms with van der Waals surface area (Å²) in [5.74, 6) is 0.919. The molecular formula is C14H22BrNO2. The third kappa shape index (κ3) is 5.85. The van der Waals surface area contributed by atoms with E-state index < -0.39 is 0 Å². The zero-order valence-electron chi connectivity index (χ0n) is 11.2. The number of ether oxygens (including phenoxy) is 2. The summed E-state index contributed by atoms with van der Waals surface area (Å²) >= 11 is 3.56. The van der Waals surface area contributed by atoms with Gasteiger partial charge in [-0.2, -0.15) is 0 Å². The zero-order chi connectivity index (χ0) is 13.2. The lowest BCUT2D eigenvalue weighted by Crippen LogP contribution is -2.14. The molecular weight excluding hydrogens is 294 g/mol. The Bertz CT molecular complexity index is 345. The summed E-state index contributed by atoms with van der Waals surface area (Å²) in [5.41, 5.74) is 1.23. The SMILES string of the molecule is CCCNCc1cc(OCCCOC)ccc1Br. The van der Waals surface area contributed by atoms with Crippen LogP contribution in [0.5, 0.6) is 5.75 Å². The fraction of sp³-hybridized carbons (Fsp3) is 0.571. The lowest BCUT2D eigenvalue weighted by atomic mass is 10.2. The Morgan fingerprint density at radius 1 is 1.28 bits per heavy atom. The van der Waals surface area contributed by atoms with Gasteiger partial charge in [0.2, 0.25) is 0 Å². The highest BCUT2D eigenvalue weighted by molar-refractivity contribution is 9.10. The first-order valence-corrected chi connectivity index (χ1v) is 7.18. The predicted molar refractivity (Wildman–Crippen MR) is 78.1 cm³/mol. The van der Waals surface area contributed by atoms with Gasteiger partial charge < -0.3 is 14.8 Å². The number of hydrogen-bond acceptors (Lipinski definition) is 3. The normalized spacial score (nSPS) is 10.6. The number of methoxy groups -OCH3 is 1. The van der Waals surface area contributed by atoms with Gasteiger partial charge in [-0.05, 0) is 36.7 Å². The van der Waals surface area contributed by atoms with Gasteiger partial charge in [-0.1, -0.05) is 22.9 Å². The van der Waals surface area contributed by atoms with E-state index in [1.165, 1.54) is 5.56 Å². The van der Waals surface area contributed by atoms with Crippen molar-refractivity contribution in [2.75, 3.05) is 26.9 Å². The summed E-state index contributed by atoms with van der Waals surface area (Å²) in [6.07, 6.45) is 2.06. The Balaban J connectivity index is 2.46. The molecule has 0 radical (unpaired) electrons. The lowest BCUT2D eigenvalue weighted by Gasteiger charge is -2.10. The number of rotatable bonds is 9. The second-order valence-corrected chi connectivity index (χ2v) is 4.98. The molecule has 0 saturated carbocycles. The number of nitrogens with one attached hydrogen (secondary N) is 1. The van der Waals surface area contributed by atoms with E-state index in [2.05, 4.69) is 34.2 Å². The molecule has 0 fully saturated rings. The lowest BCUT2D eigenvalue weighted by molar-refractivity contribution is 0.172. The Morgan fingerprint density at radius 3 is 2.83 bits per heavy atom. The summed E-state index contributed by atoms with van der Waals surface area (Å²) in [5, 5.41) is 3.39. The van der Waals surface area contributed by atoms with Crippen molar-refractivity contribution in [3.8, 4) is 5.75 Å². The van der Waals surface area contributed by atoms with Crippen molar-refractivity contribution in [3.63, 3.8) is 0 Å². The second kappa shape index (κ2) is 9.36. The molecule has 0 amide bonds. The van der Waals surface area contributed by atoms with E-state index in [9.17, 15) is 0 Å². The van der Waals surface area contributed by atoms with E-state index >= 15 is 0 Å². The van der Waals surface area contributed by atoms with Crippen LogP contribution in [-0.2, 0) is 11.3 Å². The van der Waals surface area contributed by atoms with Gasteiger partial charge in [-0.3, -0.25) is 0 Å². The molecule has 3 nitrogen and oxygen atoms in total. The molecule has 0 spiro atoms. The molecule has 0 aliphatic heterocycles. The summed E-state index contributed by atoms with van der Waals surface area (Å²) in [4.78, 5) is 0. The average Bonchev–Trinajstić information content (AvgIpc) is 2.38. The molecule has 0 aliphatic carbocycles. The molecule has 0 atom stereocenters. The largest absolute Gasteiger partial charge is 0.493 e. The Morgan fingerprint density at radius 2 is 2.11 bits per heavy atom. The van der Waals surface area contributed by atoms with Crippen LogP contribution in [0.15, 0.2) is 22.7 Å². The van der Waals surface area contributed by atoms with Crippen molar-refractivity contribution in [2.24, 2.45) is 0 Å². The van der Waals surface area contributed by atoms with Crippen LogP contribution in [0, 0.1) is 0 Å². The van der Waals surface area contributed by atoms with E-state index in [0.29, 0.717) is 6.61 Å². The summed E-state index contributed by atoms with van der Waals surface area (Å²) < 4.78 is 11.8. The fourth-order valence-electron chi connectivity index (χ4n) is 1.57. The monoisotopic (exact) mass is 315 g/mol. The Hall–Kier alpha value is -0.580. The van der Waals surface area contributed by atoms with Crippen LogP contribution in [0.2, 0.25) is 0 Å². The first kappa shape index (κ1) is 15.5. The summed E-state index contributed by atoms with van der Waals surface area (Å²) in [6, 6.07) is 6.11. The van der Waals surface area contributed by atoms with Crippen molar-refractivity contribution >= 4 is 15.9 Å². The maximum atomic E-state index is 5.68. The smallest absolute Gasteiger partial charge is 0.119 e. The van der Waals surface area contributed by atoms with Crippen molar-refractivity contribution < 1.29 is 9.47 Å². The van der Waals surface area contributed by atoms with Crippen molar-refractivity contribution in [1.82, 2.24) is 5.32 Å². The second-order valence-electron chi connectivity index (χ2n) is 4.12. The summed E-state index contributed by atoms with van der Waals surface area (Å²) in [7, 11) is 1.71. The van der Waals surface area contributed by atoms with Gasteiger partial charge in [0.05, 0.1) is 6.61 Å². The molecule has 1 rings (SSSR count). The van der Waals surface area contributed by atoms with Gasteiger partial charge in [-0.15, -0.1) is 0 Å². The first-order chi connectivity index (χ1) is 8.77. The first-order valence-electron chi connectivity index (χ1n) is 6.38. The van der Waals surface area contributed by atoms with Crippen molar-refractivity contribution in [2.45, 2.75) is 26.3 Å². The van der Waals surface area contributed by atoms with Gasteiger partial charge in [0.15, 0.2) is 0 Å². The van der Waals surface area contributed by atoms with Crippen molar-refractivity contribution in [1.29, 1.82) is 0 Å².